The van der Waals surface area contributed by atoms with Crippen LogP contribution in [-0.2, 0) is 9.59 Å². The van der Waals surface area contributed by atoms with Crippen molar-refractivity contribution in [3.63, 3.8) is 0 Å². The molecule has 1 heterocycles. The summed E-state index contributed by atoms with van der Waals surface area (Å²) in [5.41, 5.74) is 6.14. The Kier molecular flexibility index (Phi) is 5.52. The molecule has 1 aliphatic heterocycles. The lowest BCUT2D eigenvalue weighted by Gasteiger charge is -2.22. The summed E-state index contributed by atoms with van der Waals surface area (Å²) in [6.45, 7) is 4.08. The van der Waals surface area contributed by atoms with Crippen LogP contribution in [0.15, 0.2) is 84.5 Å². The number of hydrogen-bond donors (Lipinski definition) is 0. The van der Waals surface area contributed by atoms with E-state index >= 15 is 0 Å². The van der Waals surface area contributed by atoms with E-state index in [0.29, 0.717) is 0 Å². The Morgan fingerprint density at radius 1 is 0.816 bits per heavy atom. The minimum atomic E-state index is -0.597. The fraction of sp³-hybridized carbons (Fsp3) is 0.226. The summed E-state index contributed by atoms with van der Waals surface area (Å²) in [7, 11) is 1.41. The molecule has 2 fully saturated rings. The van der Waals surface area contributed by atoms with Crippen LogP contribution < -0.4 is 9.64 Å². The van der Waals surface area contributed by atoms with Crippen molar-refractivity contribution >= 4 is 28.8 Å². The van der Waals surface area contributed by atoms with Crippen LogP contribution >= 0.6 is 0 Å². The maximum absolute atomic E-state index is 13.8. The molecule has 6 rings (SSSR count). The zero-order valence-corrected chi connectivity index (χ0v) is 21.3. The molecular formula is C31H26N2O5. The first-order valence-corrected chi connectivity index (χ1v) is 12.6. The van der Waals surface area contributed by atoms with Crippen molar-refractivity contribution in [2.24, 2.45) is 23.7 Å². The van der Waals surface area contributed by atoms with Gasteiger partial charge in [0.05, 0.1) is 29.9 Å². The number of fused-ring (bicyclic) bond motifs is 5. The summed E-state index contributed by atoms with van der Waals surface area (Å²) >= 11 is 0. The van der Waals surface area contributed by atoms with Crippen LogP contribution in [0, 0.1) is 47.6 Å². The molecule has 7 heteroatoms. The van der Waals surface area contributed by atoms with Crippen LogP contribution in [-0.4, -0.2) is 23.8 Å². The largest absolute Gasteiger partial charge is 0.496 e. The number of nitro benzene ring substituents is 1. The topological polar surface area (TPSA) is 89.8 Å². The number of amides is 2. The average molecular weight is 507 g/mol. The highest BCUT2D eigenvalue weighted by atomic mass is 16.6. The Bertz CT molecular complexity index is 1470. The number of hydrogen-bond acceptors (Lipinski definition) is 5. The smallest absolute Gasteiger partial charge is 0.297 e. The number of allylic oxidation sites excluding steroid dienone is 3. The molecule has 2 amide bonds. The lowest BCUT2D eigenvalue weighted by molar-refractivity contribution is -0.384. The zero-order valence-electron chi connectivity index (χ0n) is 21.3. The summed E-state index contributed by atoms with van der Waals surface area (Å²) in [6, 6.07) is 20.8. The van der Waals surface area contributed by atoms with E-state index in [1.54, 1.807) is 0 Å². The molecule has 0 N–H and O–H groups in total. The summed E-state index contributed by atoms with van der Waals surface area (Å²) in [6.07, 6.45) is 4.06. The number of benzene rings is 3. The standard InChI is InChI=1S/C31H26N2O5/c1-17-4-8-19(9-5-17)26(20-10-6-18(2)7-11-20)27-22-13-14-23(27)29-28(22)30(34)32(31(29)35)24-15-12-21(38-3)16-25(24)33(36)37/h4-16,22-23,28-29H,1-3H3/t22-,23-,28+,29+/m0/s1. The quantitative estimate of drug-likeness (QED) is 0.193. The minimum Gasteiger partial charge on any atom is -0.496 e. The van der Waals surface area contributed by atoms with E-state index in [1.165, 1.54) is 25.3 Å². The summed E-state index contributed by atoms with van der Waals surface area (Å²) < 4.78 is 5.13. The second kappa shape index (κ2) is 8.80. The van der Waals surface area contributed by atoms with Gasteiger partial charge in [0, 0.05) is 11.8 Å². The predicted molar refractivity (Wildman–Crippen MR) is 144 cm³/mol. The molecule has 0 spiro atoms. The highest BCUT2D eigenvalue weighted by Gasteiger charge is 2.63. The number of carbonyl (C=O) groups is 2. The van der Waals surface area contributed by atoms with E-state index in [2.05, 4.69) is 48.5 Å². The minimum absolute atomic E-state index is 0.0116. The molecule has 0 unspecified atom stereocenters. The molecule has 3 aromatic carbocycles. The second-order valence-corrected chi connectivity index (χ2v) is 10.2. The normalized spacial score (nSPS) is 23.2. The van der Waals surface area contributed by atoms with Crippen LogP contribution in [0.25, 0.3) is 5.57 Å². The molecule has 3 aromatic rings. The van der Waals surface area contributed by atoms with Gasteiger partial charge in [-0.3, -0.25) is 19.7 Å². The Labute approximate surface area is 220 Å². The van der Waals surface area contributed by atoms with E-state index in [0.717, 1.165) is 38.3 Å². The molecule has 1 saturated heterocycles. The van der Waals surface area contributed by atoms with Crippen molar-refractivity contribution in [3.05, 3.63) is 117 Å². The molecule has 190 valence electrons. The summed E-state index contributed by atoms with van der Waals surface area (Å²) in [5.74, 6) is -2.22. The SMILES string of the molecule is COc1ccc(N2C(=O)[C@H]3[C@H](C2=O)[C@H]2C=C[C@H]3C2=C(c2ccc(C)cc2)c2ccc(C)cc2)c([N+](=O)[O-])c1. The number of imide groups is 1. The first-order valence-electron chi connectivity index (χ1n) is 12.6. The number of methoxy groups -OCH3 is 1. The Morgan fingerprint density at radius 3 is 1.76 bits per heavy atom. The third-order valence-electron chi connectivity index (χ3n) is 8.01. The van der Waals surface area contributed by atoms with Crippen molar-refractivity contribution in [3.8, 4) is 5.75 Å². The van der Waals surface area contributed by atoms with Gasteiger partial charge in [-0.05, 0) is 48.3 Å². The molecule has 0 radical (unpaired) electrons. The van der Waals surface area contributed by atoms with Gasteiger partial charge in [0.1, 0.15) is 11.4 Å². The lowest BCUT2D eigenvalue weighted by Crippen LogP contribution is -2.33. The number of anilines is 1. The number of rotatable bonds is 5. The van der Waals surface area contributed by atoms with Crippen LogP contribution in [0.4, 0.5) is 11.4 Å². The molecule has 0 aromatic heterocycles. The fourth-order valence-corrected chi connectivity index (χ4v) is 6.24. The van der Waals surface area contributed by atoms with Crippen molar-refractivity contribution in [2.75, 3.05) is 12.0 Å². The number of nitrogens with zero attached hydrogens (tertiary/aromatic N) is 2. The monoisotopic (exact) mass is 506 g/mol. The highest BCUT2D eigenvalue weighted by Crippen LogP contribution is 2.59. The maximum Gasteiger partial charge on any atom is 0.297 e. The van der Waals surface area contributed by atoms with Crippen LogP contribution in [0.1, 0.15) is 22.3 Å². The molecule has 2 bridgehead atoms. The average Bonchev–Trinajstić information content (AvgIpc) is 3.55. The first-order chi connectivity index (χ1) is 18.3. The number of carbonyl (C=O) groups excluding carboxylic acids is 2. The van der Waals surface area contributed by atoms with Crippen LogP contribution in [0.3, 0.4) is 0 Å². The molecule has 38 heavy (non-hydrogen) atoms. The lowest BCUT2D eigenvalue weighted by atomic mass is 9.85. The van der Waals surface area contributed by atoms with Crippen molar-refractivity contribution in [1.82, 2.24) is 0 Å². The molecule has 4 atom stereocenters. The molecule has 7 nitrogen and oxygen atoms in total. The number of ether oxygens (including phenoxy) is 1. The fourth-order valence-electron chi connectivity index (χ4n) is 6.24. The van der Waals surface area contributed by atoms with Gasteiger partial charge in [0.15, 0.2) is 0 Å². The van der Waals surface area contributed by atoms with Gasteiger partial charge in [0.25, 0.3) is 5.69 Å². The van der Waals surface area contributed by atoms with E-state index in [1.807, 2.05) is 26.0 Å². The number of aryl methyl sites for hydroxylation is 2. The zero-order chi connectivity index (χ0) is 26.7. The van der Waals surface area contributed by atoms with Gasteiger partial charge in [-0.15, -0.1) is 0 Å². The van der Waals surface area contributed by atoms with Crippen LogP contribution in [0.2, 0.25) is 0 Å². The third kappa shape index (κ3) is 3.49. The Hall–Kier alpha value is -4.52. The number of nitro groups is 1. The maximum atomic E-state index is 13.8. The Balaban J connectivity index is 1.47. The van der Waals surface area contributed by atoms with E-state index in [9.17, 15) is 19.7 Å². The molecular weight excluding hydrogens is 480 g/mol. The molecule has 3 aliphatic rings. The first kappa shape index (κ1) is 23.9. The van der Waals surface area contributed by atoms with E-state index in [4.69, 9.17) is 4.74 Å². The van der Waals surface area contributed by atoms with Gasteiger partial charge in [-0.1, -0.05) is 71.8 Å². The van der Waals surface area contributed by atoms with E-state index < -0.39 is 28.6 Å². The van der Waals surface area contributed by atoms with Gasteiger partial charge < -0.3 is 4.74 Å². The molecule has 1 saturated carbocycles. The highest BCUT2D eigenvalue weighted by molar-refractivity contribution is 6.24. The van der Waals surface area contributed by atoms with Crippen molar-refractivity contribution in [1.29, 1.82) is 0 Å². The van der Waals surface area contributed by atoms with Crippen molar-refractivity contribution in [2.45, 2.75) is 13.8 Å². The van der Waals surface area contributed by atoms with E-state index in [-0.39, 0.29) is 29.0 Å². The molecule has 2 aliphatic carbocycles. The van der Waals surface area contributed by atoms with Gasteiger partial charge in [-0.25, -0.2) is 4.90 Å². The van der Waals surface area contributed by atoms with Gasteiger partial charge >= 0.3 is 0 Å². The Morgan fingerprint density at radius 2 is 1.32 bits per heavy atom. The van der Waals surface area contributed by atoms with Gasteiger partial charge in [-0.2, -0.15) is 0 Å². The summed E-state index contributed by atoms with van der Waals surface area (Å²) in [5, 5.41) is 11.8. The third-order valence-corrected chi connectivity index (χ3v) is 8.01. The second-order valence-electron chi connectivity index (χ2n) is 10.2. The summed E-state index contributed by atoms with van der Waals surface area (Å²) in [4.78, 5) is 40.0. The van der Waals surface area contributed by atoms with Crippen LogP contribution in [0.5, 0.6) is 5.75 Å². The predicted octanol–water partition coefficient (Wildman–Crippen LogP) is 5.64. The van der Waals surface area contributed by atoms with Crippen molar-refractivity contribution < 1.29 is 19.2 Å². The van der Waals surface area contributed by atoms with Gasteiger partial charge in [0.2, 0.25) is 11.8 Å².